The molecule has 0 saturated carbocycles. The van der Waals surface area contributed by atoms with Crippen molar-refractivity contribution in [3.63, 3.8) is 0 Å². The molecule has 0 aliphatic heterocycles. The molecule has 7 heteroatoms. The second-order valence-electron chi connectivity index (χ2n) is 3.28. The van der Waals surface area contributed by atoms with Gasteiger partial charge < -0.3 is 10.1 Å². The van der Waals surface area contributed by atoms with Gasteiger partial charge in [0.15, 0.2) is 0 Å². The number of hydrogen-bond acceptors (Lipinski definition) is 5. The van der Waals surface area contributed by atoms with Crippen LogP contribution in [0.25, 0.3) is 0 Å². The van der Waals surface area contributed by atoms with Crippen molar-refractivity contribution in [2.45, 2.75) is 13.0 Å². The topological polar surface area (TPSA) is 81.5 Å². The molecule has 1 N–H and O–H groups in total. The summed E-state index contributed by atoms with van der Waals surface area (Å²) < 4.78 is 4.52. The monoisotopic (exact) mass is 258 g/mol. The second-order valence-corrected chi connectivity index (χ2v) is 3.66. The third-order valence-electron chi connectivity index (χ3n) is 2.10. The fourth-order valence-corrected chi connectivity index (χ4v) is 1.49. The van der Waals surface area contributed by atoms with E-state index in [4.69, 9.17) is 11.6 Å². The first-order valence-corrected chi connectivity index (χ1v) is 5.12. The Morgan fingerprint density at radius 2 is 2.24 bits per heavy atom. The van der Waals surface area contributed by atoms with Crippen LogP contribution in [-0.4, -0.2) is 24.0 Å². The van der Waals surface area contributed by atoms with Crippen molar-refractivity contribution in [3.8, 4) is 0 Å². The highest BCUT2D eigenvalue weighted by Crippen LogP contribution is 2.31. The molecule has 0 aliphatic carbocycles. The number of hydrogen-bond donors (Lipinski definition) is 1. The first kappa shape index (κ1) is 13.2. The van der Waals surface area contributed by atoms with Gasteiger partial charge in [-0.3, -0.25) is 10.1 Å². The van der Waals surface area contributed by atoms with E-state index >= 15 is 0 Å². The predicted molar refractivity (Wildman–Crippen MR) is 63.2 cm³/mol. The molecule has 6 nitrogen and oxygen atoms in total. The zero-order valence-corrected chi connectivity index (χ0v) is 10.0. The van der Waals surface area contributed by atoms with Crippen molar-refractivity contribution in [3.05, 3.63) is 33.3 Å². The summed E-state index contributed by atoms with van der Waals surface area (Å²) in [6, 6.07) is 3.68. The number of anilines is 1. The maximum atomic E-state index is 11.2. The van der Waals surface area contributed by atoms with Crippen molar-refractivity contribution in [1.29, 1.82) is 0 Å². The van der Waals surface area contributed by atoms with Gasteiger partial charge in [0.1, 0.15) is 11.1 Å². The lowest BCUT2D eigenvalue weighted by Gasteiger charge is -2.13. The zero-order valence-electron chi connectivity index (χ0n) is 9.27. The minimum atomic E-state index is -0.639. The Kier molecular flexibility index (Phi) is 4.28. The van der Waals surface area contributed by atoms with Gasteiger partial charge in [-0.25, -0.2) is 4.79 Å². The molecule has 17 heavy (non-hydrogen) atoms. The molecule has 1 atom stereocenters. The number of benzene rings is 1. The molecule has 0 aliphatic rings. The summed E-state index contributed by atoms with van der Waals surface area (Å²) in [4.78, 5) is 21.2. The van der Waals surface area contributed by atoms with E-state index in [0.717, 1.165) is 0 Å². The van der Waals surface area contributed by atoms with Crippen LogP contribution in [0.1, 0.15) is 6.92 Å². The highest BCUT2D eigenvalue weighted by atomic mass is 35.5. The van der Waals surface area contributed by atoms with Crippen LogP contribution in [0.2, 0.25) is 5.02 Å². The molecule has 92 valence electrons. The second kappa shape index (κ2) is 5.49. The molecule has 0 spiro atoms. The van der Waals surface area contributed by atoms with E-state index in [2.05, 4.69) is 10.1 Å². The van der Waals surface area contributed by atoms with Crippen LogP contribution in [0.5, 0.6) is 0 Å². The Morgan fingerprint density at radius 3 is 2.76 bits per heavy atom. The highest BCUT2D eigenvalue weighted by molar-refractivity contribution is 6.35. The number of nitro benzene ring substituents is 1. The largest absolute Gasteiger partial charge is 0.467 e. The third kappa shape index (κ3) is 3.07. The number of nitrogens with one attached hydrogen (secondary N) is 1. The first-order chi connectivity index (χ1) is 7.97. The summed E-state index contributed by atoms with van der Waals surface area (Å²) in [6.45, 7) is 1.57. The summed E-state index contributed by atoms with van der Waals surface area (Å²) in [6.07, 6.45) is 0. The van der Waals surface area contributed by atoms with Gasteiger partial charge in [-0.15, -0.1) is 0 Å². The number of nitro groups is 1. The van der Waals surface area contributed by atoms with Crippen molar-refractivity contribution >= 4 is 28.9 Å². The van der Waals surface area contributed by atoms with E-state index in [0.29, 0.717) is 5.69 Å². The molecule has 1 rings (SSSR count). The number of carbonyl (C=O) groups excluding carboxylic acids is 1. The smallest absolute Gasteiger partial charge is 0.327 e. The van der Waals surface area contributed by atoms with Gasteiger partial charge in [0.25, 0.3) is 5.69 Å². The van der Waals surface area contributed by atoms with Crippen LogP contribution in [0.3, 0.4) is 0 Å². The Bertz CT molecular complexity index is 450. The predicted octanol–water partition coefficient (Wildman–Crippen LogP) is 2.22. The number of methoxy groups -OCH3 is 1. The summed E-state index contributed by atoms with van der Waals surface area (Å²) in [5, 5.41) is 13.4. The highest BCUT2D eigenvalue weighted by Gasteiger charge is 2.19. The summed E-state index contributed by atoms with van der Waals surface area (Å²) in [5.41, 5.74) is 0.104. The van der Waals surface area contributed by atoms with E-state index in [1.165, 1.54) is 19.2 Å². The van der Waals surface area contributed by atoms with E-state index in [-0.39, 0.29) is 10.7 Å². The van der Waals surface area contributed by atoms with Crippen LogP contribution < -0.4 is 5.32 Å². The minimum absolute atomic E-state index is 0.0340. The van der Waals surface area contributed by atoms with Gasteiger partial charge in [0, 0.05) is 6.07 Å². The third-order valence-corrected chi connectivity index (χ3v) is 2.50. The molecule has 0 radical (unpaired) electrons. The van der Waals surface area contributed by atoms with E-state index in [1.54, 1.807) is 13.0 Å². The molecule has 0 bridgehead atoms. The number of esters is 1. The van der Waals surface area contributed by atoms with Gasteiger partial charge in [-0.2, -0.15) is 0 Å². The lowest BCUT2D eigenvalue weighted by atomic mass is 10.2. The molecule has 1 aromatic carbocycles. The average Bonchev–Trinajstić information content (AvgIpc) is 2.30. The summed E-state index contributed by atoms with van der Waals surface area (Å²) in [7, 11) is 1.26. The Labute approximate surface area is 103 Å². The number of nitrogens with zero attached hydrogens (tertiary/aromatic N) is 1. The van der Waals surface area contributed by atoms with Gasteiger partial charge in [-0.1, -0.05) is 17.7 Å². The Balaban J connectivity index is 2.96. The normalized spacial score (nSPS) is 11.7. The first-order valence-electron chi connectivity index (χ1n) is 4.74. The summed E-state index contributed by atoms with van der Waals surface area (Å²) in [5.74, 6) is -0.479. The quantitative estimate of drug-likeness (QED) is 0.509. The van der Waals surface area contributed by atoms with Gasteiger partial charge in [-0.05, 0) is 13.0 Å². The zero-order chi connectivity index (χ0) is 13.0. The molecular formula is C10H11ClN2O4. The molecule has 0 heterocycles. The maximum absolute atomic E-state index is 11.2. The molecular weight excluding hydrogens is 248 g/mol. The van der Waals surface area contributed by atoms with Crippen molar-refractivity contribution < 1.29 is 14.5 Å². The molecule has 1 unspecified atom stereocenters. The standard InChI is InChI=1S/C10H11ClN2O4/c1-6(10(14)17-2)12-7-4-3-5-8(9(7)11)13(15)16/h3-6,12H,1-2H3. The van der Waals surface area contributed by atoms with Crippen LogP contribution >= 0.6 is 11.6 Å². The van der Waals surface area contributed by atoms with Crippen LogP contribution in [0.4, 0.5) is 11.4 Å². The Hall–Kier alpha value is -1.82. The van der Waals surface area contributed by atoms with Crippen LogP contribution in [0.15, 0.2) is 18.2 Å². The number of ether oxygens (including phenoxy) is 1. The maximum Gasteiger partial charge on any atom is 0.327 e. The lowest BCUT2D eigenvalue weighted by molar-refractivity contribution is -0.384. The van der Waals surface area contributed by atoms with Crippen molar-refractivity contribution in [2.75, 3.05) is 12.4 Å². The number of rotatable bonds is 4. The lowest BCUT2D eigenvalue weighted by Crippen LogP contribution is -2.27. The van der Waals surface area contributed by atoms with E-state index in [9.17, 15) is 14.9 Å². The number of carbonyl (C=O) groups is 1. The molecule has 1 aromatic rings. The molecule has 0 aromatic heterocycles. The van der Waals surface area contributed by atoms with Gasteiger partial charge >= 0.3 is 5.97 Å². The number of halogens is 1. The van der Waals surface area contributed by atoms with Crippen LogP contribution in [-0.2, 0) is 9.53 Å². The Morgan fingerprint density at radius 1 is 1.59 bits per heavy atom. The fourth-order valence-electron chi connectivity index (χ4n) is 1.24. The van der Waals surface area contributed by atoms with Crippen molar-refractivity contribution in [1.82, 2.24) is 0 Å². The minimum Gasteiger partial charge on any atom is -0.467 e. The van der Waals surface area contributed by atoms with E-state index in [1.807, 2.05) is 0 Å². The molecule has 0 fully saturated rings. The molecule has 0 saturated heterocycles. The molecule has 0 amide bonds. The summed E-state index contributed by atoms with van der Waals surface area (Å²) >= 11 is 5.84. The SMILES string of the molecule is COC(=O)C(C)Nc1cccc([N+](=O)[O-])c1Cl. The van der Waals surface area contributed by atoms with E-state index < -0.39 is 16.9 Å². The van der Waals surface area contributed by atoms with Gasteiger partial charge in [0.05, 0.1) is 17.7 Å². The van der Waals surface area contributed by atoms with Crippen molar-refractivity contribution in [2.24, 2.45) is 0 Å². The fraction of sp³-hybridized carbons (Fsp3) is 0.300. The van der Waals surface area contributed by atoms with Gasteiger partial charge in [0.2, 0.25) is 0 Å². The van der Waals surface area contributed by atoms with Crippen LogP contribution in [0, 0.1) is 10.1 Å². The average molecular weight is 259 g/mol.